The average Bonchev–Trinajstić information content (AvgIpc) is 3.24. The first-order valence-corrected chi connectivity index (χ1v) is 13.3. The highest BCUT2D eigenvalue weighted by Crippen LogP contribution is 2.33. The molecule has 0 radical (unpaired) electrons. The smallest absolute Gasteiger partial charge is 0.251 e. The Kier molecular flexibility index (Phi) is 7.38. The van der Waals surface area contributed by atoms with Gasteiger partial charge in [-0.05, 0) is 49.4 Å². The molecule has 1 aromatic carbocycles. The summed E-state index contributed by atoms with van der Waals surface area (Å²) in [7, 11) is -7.36. The highest BCUT2D eigenvalue weighted by molar-refractivity contribution is 7.92. The molecule has 1 atom stereocenters. The number of alkyl halides is 2. The van der Waals surface area contributed by atoms with Crippen molar-refractivity contribution in [3.8, 4) is 0 Å². The van der Waals surface area contributed by atoms with E-state index in [1.54, 1.807) is 0 Å². The predicted molar refractivity (Wildman–Crippen MR) is 115 cm³/mol. The Bertz CT molecular complexity index is 1050. The van der Waals surface area contributed by atoms with Crippen LogP contribution < -0.4 is 10.0 Å². The van der Waals surface area contributed by atoms with Crippen LogP contribution in [-0.2, 0) is 20.0 Å². The highest BCUT2D eigenvalue weighted by Gasteiger charge is 2.36. The zero-order chi connectivity index (χ0) is 23.6. The van der Waals surface area contributed by atoms with Crippen molar-refractivity contribution in [1.29, 1.82) is 0 Å². The van der Waals surface area contributed by atoms with Crippen molar-refractivity contribution >= 4 is 26.0 Å². The fraction of sp³-hybridized carbons (Fsp3) is 0.550. The Morgan fingerprint density at radius 3 is 2.34 bits per heavy atom. The van der Waals surface area contributed by atoms with E-state index in [1.807, 2.05) is 0 Å². The summed E-state index contributed by atoms with van der Waals surface area (Å²) in [5.41, 5.74) is 0.249. The minimum atomic E-state index is -3.79. The molecule has 178 valence electrons. The van der Waals surface area contributed by atoms with Gasteiger partial charge in [0.2, 0.25) is 26.0 Å². The molecule has 8 nitrogen and oxygen atoms in total. The van der Waals surface area contributed by atoms with E-state index in [0.717, 1.165) is 5.41 Å². The number of amides is 1. The fourth-order valence-electron chi connectivity index (χ4n) is 3.86. The van der Waals surface area contributed by atoms with Crippen LogP contribution in [-0.4, -0.2) is 58.6 Å². The second-order valence-corrected chi connectivity index (χ2v) is 11.9. The van der Waals surface area contributed by atoms with Crippen LogP contribution in [0, 0.1) is 5.92 Å². The molecular formula is C20H27F2N3O5S2. The Balaban J connectivity index is 1.58. The number of nitrogens with zero attached hydrogens (tertiary/aromatic N) is 1. The van der Waals surface area contributed by atoms with E-state index in [2.05, 4.69) is 16.6 Å². The third kappa shape index (κ3) is 6.12. The van der Waals surface area contributed by atoms with E-state index < -0.39 is 31.9 Å². The van der Waals surface area contributed by atoms with Gasteiger partial charge in [-0.3, -0.25) is 4.79 Å². The number of halogens is 2. The van der Waals surface area contributed by atoms with Gasteiger partial charge in [-0.15, -0.1) is 0 Å². The molecule has 1 saturated heterocycles. The number of hydrogen-bond donors (Lipinski definition) is 2. The maximum Gasteiger partial charge on any atom is 0.251 e. The molecule has 3 rings (SSSR count). The van der Waals surface area contributed by atoms with E-state index in [9.17, 15) is 30.4 Å². The van der Waals surface area contributed by atoms with Crippen LogP contribution in [0.15, 0.2) is 41.1 Å². The molecule has 32 heavy (non-hydrogen) atoms. The van der Waals surface area contributed by atoms with E-state index in [1.165, 1.54) is 28.6 Å². The van der Waals surface area contributed by atoms with Gasteiger partial charge in [0, 0.05) is 49.5 Å². The molecule has 1 aliphatic carbocycles. The van der Waals surface area contributed by atoms with Crippen LogP contribution in [0.5, 0.6) is 0 Å². The quantitative estimate of drug-likeness (QED) is 0.578. The predicted octanol–water partition coefficient (Wildman–Crippen LogP) is 2.07. The van der Waals surface area contributed by atoms with E-state index in [0.29, 0.717) is 6.42 Å². The number of rotatable bonds is 8. The summed E-state index contributed by atoms with van der Waals surface area (Å²) in [5, 5.41) is 3.53. The summed E-state index contributed by atoms with van der Waals surface area (Å²) in [5.74, 6) is -3.27. The summed E-state index contributed by atoms with van der Waals surface area (Å²) in [6.07, 6.45) is 0.385. The number of carbonyl (C=O) groups is 1. The summed E-state index contributed by atoms with van der Waals surface area (Å²) >= 11 is 0. The van der Waals surface area contributed by atoms with Gasteiger partial charge in [-0.25, -0.2) is 30.3 Å². The fourth-order valence-corrected chi connectivity index (χ4v) is 5.97. The summed E-state index contributed by atoms with van der Waals surface area (Å²) in [6, 6.07) is 5.14. The Morgan fingerprint density at radius 1 is 1.12 bits per heavy atom. The monoisotopic (exact) mass is 491 g/mol. The lowest BCUT2D eigenvalue weighted by molar-refractivity contribution is -0.0399. The SMILES string of the molecule is C=CS(=O)(=O)NC[C@H]1CCN(S(=O)(=O)c2ccc(C(=O)NC3CCC(F)(F)CC3)cc2)C1. The summed E-state index contributed by atoms with van der Waals surface area (Å²) in [4.78, 5) is 12.4. The van der Waals surface area contributed by atoms with E-state index >= 15 is 0 Å². The third-order valence-electron chi connectivity index (χ3n) is 5.85. The zero-order valence-electron chi connectivity index (χ0n) is 17.5. The maximum atomic E-state index is 13.3. The van der Waals surface area contributed by atoms with Crippen molar-refractivity contribution in [2.45, 2.75) is 49.0 Å². The van der Waals surface area contributed by atoms with Gasteiger partial charge in [0.1, 0.15) is 0 Å². The topological polar surface area (TPSA) is 113 Å². The number of hydrogen-bond acceptors (Lipinski definition) is 5. The molecule has 0 spiro atoms. The van der Waals surface area contributed by atoms with Crippen molar-refractivity contribution in [1.82, 2.24) is 14.3 Å². The number of nitrogens with one attached hydrogen (secondary N) is 2. The first-order chi connectivity index (χ1) is 14.9. The van der Waals surface area contributed by atoms with Crippen LogP contribution in [0.3, 0.4) is 0 Å². The van der Waals surface area contributed by atoms with Crippen LogP contribution in [0.25, 0.3) is 0 Å². The van der Waals surface area contributed by atoms with Gasteiger partial charge >= 0.3 is 0 Å². The number of benzene rings is 1. The molecule has 2 N–H and O–H groups in total. The van der Waals surface area contributed by atoms with Gasteiger partial charge in [-0.1, -0.05) is 6.58 Å². The van der Waals surface area contributed by atoms with Gasteiger partial charge in [0.05, 0.1) is 4.90 Å². The minimum Gasteiger partial charge on any atom is -0.349 e. The summed E-state index contributed by atoms with van der Waals surface area (Å²) < 4.78 is 78.9. The van der Waals surface area contributed by atoms with Crippen molar-refractivity contribution in [3.05, 3.63) is 41.8 Å². The molecule has 0 unspecified atom stereocenters. The van der Waals surface area contributed by atoms with Crippen LogP contribution in [0.2, 0.25) is 0 Å². The van der Waals surface area contributed by atoms with Gasteiger partial charge in [-0.2, -0.15) is 4.31 Å². The second kappa shape index (κ2) is 9.54. The Hall–Kier alpha value is -1.89. The zero-order valence-corrected chi connectivity index (χ0v) is 19.1. The lowest BCUT2D eigenvalue weighted by Gasteiger charge is -2.28. The van der Waals surface area contributed by atoms with Gasteiger partial charge in [0.15, 0.2) is 0 Å². The molecule has 0 aromatic heterocycles. The van der Waals surface area contributed by atoms with Crippen molar-refractivity contribution in [2.24, 2.45) is 5.92 Å². The van der Waals surface area contributed by atoms with Crippen molar-refractivity contribution < 1.29 is 30.4 Å². The van der Waals surface area contributed by atoms with Crippen molar-refractivity contribution in [2.75, 3.05) is 19.6 Å². The molecule has 0 bridgehead atoms. The first-order valence-electron chi connectivity index (χ1n) is 10.3. The molecule has 1 aliphatic heterocycles. The molecule has 2 aliphatic rings. The van der Waals surface area contributed by atoms with Gasteiger partial charge in [0.25, 0.3) is 5.91 Å². The first kappa shape index (κ1) is 24.7. The molecule has 1 heterocycles. The Morgan fingerprint density at radius 2 is 1.75 bits per heavy atom. The molecule has 1 aromatic rings. The molecule has 2 fully saturated rings. The number of sulfonamides is 2. The average molecular weight is 492 g/mol. The van der Waals surface area contributed by atoms with E-state index in [-0.39, 0.29) is 67.7 Å². The molecule has 12 heteroatoms. The molecular weight excluding hydrogens is 464 g/mol. The highest BCUT2D eigenvalue weighted by atomic mass is 32.2. The summed E-state index contributed by atoms with van der Waals surface area (Å²) in [6.45, 7) is 3.77. The van der Waals surface area contributed by atoms with Crippen LogP contribution in [0.4, 0.5) is 8.78 Å². The lowest BCUT2D eigenvalue weighted by atomic mass is 9.92. The maximum absolute atomic E-state index is 13.3. The van der Waals surface area contributed by atoms with Gasteiger partial charge < -0.3 is 5.32 Å². The number of carbonyl (C=O) groups excluding carboxylic acids is 1. The third-order valence-corrected chi connectivity index (χ3v) is 8.74. The largest absolute Gasteiger partial charge is 0.349 e. The van der Waals surface area contributed by atoms with Crippen LogP contribution in [0.1, 0.15) is 42.5 Å². The second-order valence-electron chi connectivity index (χ2n) is 8.21. The lowest BCUT2D eigenvalue weighted by Crippen LogP contribution is -2.40. The molecule has 1 saturated carbocycles. The van der Waals surface area contributed by atoms with E-state index in [4.69, 9.17) is 0 Å². The normalized spacial score (nSPS) is 22.5. The standard InChI is InChI=1S/C20H27F2N3O5S2/c1-2-31(27,28)23-13-15-9-12-25(14-15)32(29,30)18-5-3-16(4-6-18)19(26)24-17-7-10-20(21,22)11-8-17/h2-6,15,17,23H,1,7-14H2,(H,24,26)/t15-/m1/s1. The molecule has 1 amide bonds. The van der Waals surface area contributed by atoms with Crippen LogP contribution >= 0.6 is 0 Å². The minimum absolute atomic E-state index is 0.0266. The van der Waals surface area contributed by atoms with Crippen molar-refractivity contribution in [3.63, 3.8) is 0 Å². The Labute approximate surface area is 187 Å².